The molecule has 1 aliphatic rings. The van der Waals surface area contributed by atoms with E-state index in [2.05, 4.69) is 4.74 Å². The van der Waals surface area contributed by atoms with Crippen molar-refractivity contribution in [3.05, 3.63) is 34.2 Å². The van der Waals surface area contributed by atoms with Crippen LogP contribution in [-0.2, 0) is 9.47 Å². The average Bonchev–Trinajstić information content (AvgIpc) is 2.17. The molecule has 2 rings (SSSR count). The van der Waals surface area contributed by atoms with Gasteiger partial charge in [0.05, 0.1) is 26.4 Å². The number of rotatable bonds is 2. The van der Waals surface area contributed by atoms with Crippen molar-refractivity contribution in [1.82, 2.24) is 4.57 Å². The maximum atomic E-state index is 11.8. The van der Waals surface area contributed by atoms with Gasteiger partial charge in [-0.1, -0.05) is 0 Å². The summed E-state index contributed by atoms with van der Waals surface area (Å²) in [5.74, 6) is -0.602. The van der Waals surface area contributed by atoms with E-state index in [9.17, 15) is 9.59 Å². The van der Waals surface area contributed by atoms with Crippen LogP contribution in [0.1, 0.15) is 16.4 Å². The standard InChI is InChI=1S/C10H11NO4/c1-14-10(13)8-3-2-4-11(9(8)12)7-5-15-6-7/h2-4,7H,5-6H2,1H3. The first-order valence-corrected chi connectivity index (χ1v) is 4.61. The third-order valence-electron chi connectivity index (χ3n) is 2.39. The van der Waals surface area contributed by atoms with Gasteiger partial charge in [-0.3, -0.25) is 4.79 Å². The predicted molar refractivity (Wildman–Crippen MR) is 51.9 cm³/mol. The van der Waals surface area contributed by atoms with Crippen LogP contribution < -0.4 is 5.56 Å². The fourth-order valence-corrected chi connectivity index (χ4v) is 1.45. The van der Waals surface area contributed by atoms with Crippen LogP contribution in [0.2, 0.25) is 0 Å². The Hall–Kier alpha value is -1.62. The molecule has 1 saturated heterocycles. The lowest BCUT2D eigenvalue weighted by Crippen LogP contribution is -2.38. The van der Waals surface area contributed by atoms with E-state index in [0.717, 1.165) is 0 Å². The van der Waals surface area contributed by atoms with Gasteiger partial charge in [-0.15, -0.1) is 0 Å². The van der Waals surface area contributed by atoms with Gasteiger partial charge in [0.1, 0.15) is 5.56 Å². The van der Waals surface area contributed by atoms with E-state index < -0.39 is 5.97 Å². The molecule has 15 heavy (non-hydrogen) atoms. The molecule has 0 spiro atoms. The first-order chi connectivity index (χ1) is 7.24. The maximum absolute atomic E-state index is 11.8. The first-order valence-electron chi connectivity index (χ1n) is 4.61. The van der Waals surface area contributed by atoms with Gasteiger partial charge in [-0.2, -0.15) is 0 Å². The average molecular weight is 209 g/mol. The molecule has 0 amide bonds. The van der Waals surface area contributed by atoms with E-state index >= 15 is 0 Å². The molecule has 5 heteroatoms. The van der Waals surface area contributed by atoms with Crippen molar-refractivity contribution in [3.8, 4) is 0 Å². The molecule has 0 unspecified atom stereocenters. The second-order valence-corrected chi connectivity index (χ2v) is 3.32. The molecule has 1 aromatic rings. The fraction of sp³-hybridized carbons (Fsp3) is 0.400. The van der Waals surface area contributed by atoms with Gasteiger partial charge < -0.3 is 14.0 Å². The Morgan fingerprint density at radius 2 is 2.33 bits per heavy atom. The summed E-state index contributed by atoms with van der Waals surface area (Å²) in [5.41, 5.74) is -0.260. The summed E-state index contributed by atoms with van der Waals surface area (Å²) in [7, 11) is 1.26. The number of aromatic nitrogens is 1. The molecular formula is C10H11NO4. The Labute approximate surface area is 86.2 Å². The lowest BCUT2D eigenvalue weighted by Gasteiger charge is -2.27. The third kappa shape index (κ3) is 1.66. The van der Waals surface area contributed by atoms with Gasteiger partial charge in [0, 0.05) is 6.20 Å². The van der Waals surface area contributed by atoms with E-state index in [1.54, 1.807) is 12.3 Å². The van der Waals surface area contributed by atoms with Crippen LogP contribution in [0, 0.1) is 0 Å². The van der Waals surface area contributed by atoms with Crippen molar-refractivity contribution in [2.45, 2.75) is 6.04 Å². The fourth-order valence-electron chi connectivity index (χ4n) is 1.45. The summed E-state index contributed by atoms with van der Waals surface area (Å²) in [6, 6.07) is 3.16. The molecule has 1 fully saturated rings. The molecular weight excluding hydrogens is 198 g/mol. The molecule has 0 N–H and O–H groups in total. The van der Waals surface area contributed by atoms with E-state index in [4.69, 9.17) is 4.74 Å². The van der Waals surface area contributed by atoms with Crippen molar-refractivity contribution in [1.29, 1.82) is 0 Å². The van der Waals surface area contributed by atoms with Crippen molar-refractivity contribution < 1.29 is 14.3 Å². The Morgan fingerprint density at radius 3 is 2.87 bits per heavy atom. The molecule has 1 aromatic heterocycles. The summed E-state index contributed by atoms with van der Waals surface area (Å²) in [6.07, 6.45) is 1.65. The Bertz CT molecular complexity index is 433. The molecule has 5 nitrogen and oxygen atoms in total. The number of carbonyl (C=O) groups is 1. The zero-order chi connectivity index (χ0) is 10.8. The lowest BCUT2D eigenvalue weighted by atomic mass is 10.2. The minimum absolute atomic E-state index is 0.0436. The molecule has 0 saturated carbocycles. The minimum atomic E-state index is -0.602. The molecule has 0 aromatic carbocycles. The molecule has 80 valence electrons. The van der Waals surface area contributed by atoms with Gasteiger partial charge >= 0.3 is 5.97 Å². The Morgan fingerprint density at radius 1 is 1.60 bits per heavy atom. The van der Waals surface area contributed by atoms with Crippen LogP contribution >= 0.6 is 0 Å². The predicted octanol–water partition coefficient (Wildman–Crippen LogP) is 0.206. The summed E-state index contributed by atoms with van der Waals surface area (Å²) in [5, 5.41) is 0. The number of hydrogen-bond acceptors (Lipinski definition) is 4. The number of nitrogens with zero attached hydrogens (tertiary/aromatic N) is 1. The molecule has 1 aliphatic heterocycles. The second kappa shape index (κ2) is 3.86. The number of ether oxygens (including phenoxy) is 2. The maximum Gasteiger partial charge on any atom is 0.343 e. The highest BCUT2D eigenvalue weighted by molar-refractivity contribution is 5.88. The number of methoxy groups -OCH3 is 1. The molecule has 2 heterocycles. The normalized spacial score (nSPS) is 15.8. The molecule has 0 radical (unpaired) electrons. The van der Waals surface area contributed by atoms with Gasteiger partial charge in [-0.25, -0.2) is 4.79 Å². The summed E-state index contributed by atoms with van der Waals surface area (Å²) in [4.78, 5) is 23.1. The summed E-state index contributed by atoms with van der Waals surface area (Å²) in [6.45, 7) is 1.04. The monoisotopic (exact) mass is 209 g/mol. The highest BCUT2D eigenvalue weighted by Crippen LogP contribution is 2.14. The number of pyridine rings is 1. The second-order valence-electron chi connectivity index (χ2n) is 3.32. The number of esters is 1. The Kier molecular flexibility index (Phi) is 2.55. The van der Waals surface area contributed by atoms with E-state index in [1.807, 2.05) is 0 Å². The summed E-state index contributed by atoms with van der Waals surface area (Å²) < 4.78 is 11.0. The lowest BCUT2D eigenvalue weighted by molar-refractivity contribution is -0.0249. The van der Waals surface area contributed by atoms with Crippen LogP contribution in [0.3, 0.4) is 0 Å². The van der Waals surface area contributed by atoms with E-state index in [1.165, 1.54) is 17.7 Å². The number of hydrogen-bond donors (Lipinski definition) is 0. The largest absolute Gasteiger partial charge is 0.465 e. The van der Waals surface area contributed by atoms with E-state index in [-0.39, 0.29) is 17.2 Å². The van der Waals surface area contributed by atoms with Crippen LogP contribution in [0.4, 0.5) is 0 Å². The SMILES string of the molecule is COC(=O)c1cccn(C2COC2)c1=O. The van der Waals surface area contributed by atoms with Gasteiger partial charge in [0.2, 0.25) is 0 Å². The minimum Gasteiger partial charge on any atom is -0.465 e. The van der Waals surface area contributed by atoms with Crippen molar-refractivity contribution in [2.24, 2.45) is 0 Å². The van der Waals surface area contributed by atoms with Crippen molar-refractivity contribution in [2.75, 3.05) is 20.3 Å². The number of carbonyl (C=O) groups excluding carboxylic acids is 1. The van der Waals surface area contributed by atoms with Crippen LogP contribution in [-0.4, -0.2) is 30.9 Å². The van der Waals surface area contributed by atoms with E-state index in [0.29, 0.717) is 13.2 Å². The molecule has 0 atom stereocenters. The van der Waals surface area contributed by atoms with Gasteiger partial charge in [0.15, 0.2) is 0 Å². The van der Waals surface area contributed by atoms with Gasteiger partial charge in [-0.05, 0) is 12.1 Å². The highest BCUT2D eigenvalue weighted by Gasteiger charge is 2.23. The van der Waals surface area contributed by atoms with Crippen molar-refractivity contribution >= 4 is 5.97 Å². The van der Waals surface area contributed by atoms with Crippen LogP contribution in [0.5, 0.6) is 0 Å². The molecule has 0 bridgehead atoms. The smallest absolute Gasteiger partial charge is 0.343 e. The van der Waals surface area contributed by atoms with Crippen LogP contribution in [0.15, 0.2) is 23.1 Å². The highest BCUT2D eigenvalue weighted by atomic mass is 16.5. The Balaban J connectivity index is 2.41. The van der Waals surface area contributed by atoms with Gasteiger partial charge in [0.25, 0.3) is 5.56 Å². The van der Waals surface area contributed by atoms with Crippen molar-refractivity contribution in [3.63, 3.8) is 0 Å². The zero-order valence-electron chi connectivity index (χ0n) is 8.30. The zero-order valence-corrected chi connectivity index (χ0v) is 8.30. The van der Waals surface area contributed by atoms with Crippen LogP contribution in [0.25, 0.3) is 0 Å². The molecule has 0 aliphatic carbocycles. The first kappa shape index (κ1) is 9.92. The third-order valence-corrected chi connectivity index (χ3v) is 2.39. The summed E-state index contributed by atoms with van der Waals surface area (Å²) >= 11 is 0. The topological polar surface area (TPSA) is 57.5 Å². The quantitative estimate of drug-likeness (QED) is 0.653.